The van der Waals surface area contributed by atoms with Gasteiger partial charge < -0.3 is 33.6 Å². The number of rotatable bonds is 14. The molecule has 0 spiro atoms. The van der Waals surface area contributed by atoms with Crippen LogP contribution >= 0.6 is 0 Å². The first-order valence-electron chi connectivity index (χ1n) is 10.2. The third-order valence-corrected chi connectivity index (χ3v) is 4.58. The quantitative estimate of drug-likeness (QED) is 0.437. The molecule has 176 valence electrons. The average Bonchev–Trinajstić information content (AvgIpc) is 3.29. The summed E-state index contributed by atoms with van der Waals surface area (Å²) in [5.74, 6) is 0.682. The van der Waals surface area contributed by atoms with Gasteiger partial charge in [-0.1, -0.05) is 0 Å². The van der Waals surface area contributed by atoms with Crippen molar-refractivity contribution in [1.29, 1.82) is 0 Å². The number of hydrogen-bond acceptors (Lipinski definition) is 8. The second-order valence-corrected chi connectivity index (χ2v) is 6.90. The van der Waals surface area contributed by atoms with Gasteiger partial charge in [0.15, 0.2) is 5.69 Å². The second kappa shape index (κ2) is 13.3. The fourth-order valence-electron chi connectivity index (χ4n) is 2.93. The largest absolute Gasteiger partial charge is 0.497 e. The number of amides is 2. The summed E-state index contributed by atoms with van der Waals surface area (Å²) in [6, 6.07) is 4.98. The van der Waals surface area contributed by atoms with E-state index >= 15 is 0 Å². The zero-order chi connectivity index (χ0) is 23.3. The zero-order valence-electron chi connectivity index (χ0n) is 19.0. The smallest absolute Gasteiger partial charge is 0.273 e. The van der Waals surface area contributed by atoms with E-state index in [4.69, 9.17) is 23.4 Å². The summed E-state index contributed by atoms with van der Waals surface area (Å²) in [6.45, 7) is 2.02. The van der Waals surface area contributed by atoms with Crippen LogP contribution in [-0.4, -0.2) is 76.4 Å². The van der Waals surface area contributed by atoms with E-state index in [2.05, 4.69) is 10.3 Å². The molecule has 0 atom stereocenters. The van der Waals surface area contributed by atoms with E-state index in [0.717, 1.165) is 0 Å². The maximum absolute atomic E-state index is 13.2. The summed E-state index contributed by atoms with van der Waals surface area (Å²) in [7, 11) is 6.25. The van der Waals surface area contributed by atoms with Crippen LogP contribution in [0, 0.1) is 0 Å². The predicted molar refractivity (Wildman–Crippen MR) is 116 cm³/mol. The molecule has 1 heterocycles. The van der Waals surface area contributed by atoms with E-state index in [1.807, 2.05) is 0 Å². The zero-order valence-corrected chi connectivity index (χ0v) is 19.0. The van der Waals surface area contributed by atoms with Crippen molar-refractivity contribution in [3.63, 3.8) is 0 Å². The SMILES string of the molecule is COCCCNC(=O)c1coc(CN(CCCOC)C(=O)c2cc(OC)cc(OC)c2)n1. The van der Waals surface area contributed by atoms with Crippen molar-refractivity contribution in [2.45, 2.75) is 19.4 Å². The van der Waals surface area contributed by atoms with Crippen molar-refractivity contribution in [2.24, 2.45) is 0 Å². The van der Waals surface area contributed by atoms with Crippen LogP contribution in [0.3, 0.4) is 0 Å². The van der Waals surface area contributed by atoms with Crippen molar-refractivity contribution < 1.29 is 33.0 Å². The summed E-state index contributed by atoms with van der Waals surface area (Å²) >= 11 is 0. The van der Waals surface area contributed by atoms with Crippen LogP contribution < -0.4 is 14.8 Å². The number of methoxy groups -OCH3 is 4. The summed E-state index contributed by atoms with van der Waals surface area (Å²) < 4.78 is 26.1. The molecule has 1 N–H and O–H groups in total. The van der Waals surface area contributed by atoms with Crippen molar-refractivity contribution in [3.8, 4) is 11.5 Å². The maximum atomic E-state index is 13.2. The van der Waals surface area contributed by atoms with Gasteiger partial charge in [0.1, 0.15) is 17.8 Å². The standard InChI is InChI=1S/C22H31N3O7/c1-28-9-5-7-23-21(26)19-15-32-20(24-19)14-25(8-6-10-29-2)22(27)16-11-17(30-3)13-18(12-16)31-4/h11-13,15H,5-10,14H2,1-4H3,(H,23,26). The Morgan fingerprint density at radius 1 is 1.00 bits per heavy atom. The van der Waals surface area contributed by atoms with E-state index in [1.165, 1.54) is 20.5 Å². The number of oxazole rings is 1. The van der Waals surface area contributed by atoms with Crippen molar-refractivity contribution >= 4 is 11.8 Å². The third kappa shape index (κ3) is 7.54. The Hall–Kier alpha value is -3.11. The number of carbonyl (C=O) groups excluding carboxylic acids is 2. The summed E-state index contributed by atoms with van der Waals surface area (Å²) in [5.41, 5.74) is 0.561. The molecule has 10 nitrogen and oxygen atoms in total. The topological polar surface area (TPSA) is 112 Å². The molecule has 0 radical (unpaired) electrons. The van der Waals surface area contributed by atoms with Crippen molar-refractivity contribution in [2.75, 3.05) is 54.7 Å². The van der Waals surface area contributed by atoms with E-state index < -0.39 is 0 Å². The minimum Gasteiger partial charge on any atom is -0.497 e. The van der Waals surface area contributed by atoms with Gasteiger partial charge in [0.05, 0.1) is 20.8 Å². The van der Waals surface area contributed by atoms with E-state index in [-0.39, 0.29) is 29.9 Å². The molecule has 2 amide bonds. The van der Waals surface area contributed by atoms with Gasteiger partial charge in [0.25, 0.3) is 11.8 Å². The number of benzene rings is 1. The maximum Gasteiger partial charge on any atom is 0.273 e. The molecule has 2 rings (SSSR count). The van der Waals surface area contributed by atoms with E-state index in [1.54, 1.807) is 37.3 Å². The minimum atomic E-state index is -0.342. The lowest BCUT2D eigenvalue weighted by Crippen LogP contribution is -2.32. The lowest BCUT2D eigenvalue weighted by Gasteiger charge is -2.21. The summed E-state index contributed by atoms with van der Waals surface area (Å²) in [5, 5.41) is 2.75. The second-order valence-electron chi connectivity index (χ2n) is 6.90. The summed E-state index contributed by atoms with van der Waals surface area (Å²) in [6.07, 6.45) is 2.60. The molecule has 2 aromatic rings. The highest BCUT2D eigenvalue weighted by molar-refractivity contribution is 5.95. The molecule has 0 aliphatic heterocycles. The van der Waals surface area contributed by atoms with Gasteiger partial charge in [0, 0.05) is 52.2 Å². The number of nitrogens with one attached hydrogen (secondary N) is 1. The molecule has 0 aliphatic rings. The number of hydrogen-bond donors (Lipinski definition) is 1. The highest BCUT2D eigenvalue weighted by Crippen LogP contribution is 2.24. The molecular formula is C22H31N3O7. The van der Waals surface area contributed by atoms with E-state index in [9.17, 15) is 9.59 Å². The van der Waals surface area contributed by atoms with Crippen LogP contribution in [0.5, 0.6) is 11.5 Å². The lowest BCUT2D eigenvalue weighted by molar-refractivity contribution is 0.0707. The van der Waals surface area contributed by atoms with Crippen LogP contribution in [-0.2, 0) is 16.0 Å². The predicted octanol–water partition coefficient (Wildman–Crippen LogP) is 2.14. The molecule has 32 heavy (non-hydrogen) atoms. The normalized spacial score (nSPS) is 10.6. The molecule has 1 aromatic carbocycles. The average molecular weight is 450 g/mol. The van der Waals surface area contributed by atoms with Crippen LogP contribution in [0.25, 0.3) is 0 Å². The molecule has 0 aliphatic carbocycles. The molecule has 0 bridgehead atoms. The number of aromatic nitrogens is 1. The van der Waals surface area contributed by atoms with Gasteiger partial charge >= 0.3 is 0 Å². The molecule has 10 heteroatoms. The fourth-order valence-corrected chi connectivity index (χ4v) is 2.93. The van der Waals surface area contributed by atoms with Crippen LogP contribution in [0.15, 0.2) is 28.9 Å². The lowest BCUT2D eigenvalue weighted by atomic mass is 10.1. The first kappa shape index (κ1) is 25.2. The third-order valence-electron chi connectivity index (χ3n) is 4.58. The molecule has 0 saturated carbocycles. The first-order valence-corrected chi connectivity index (χ1v) is 10.2. The molecule has 0 fully saturated rings. The monoisotopic (exact) mass is 449 g/mol. The number of nitrogens with zero attached hydrogens (tertiary/aromatic N) is 2. The number of ether oxygens (including phenoxy) is 4. The molecule has 0 saturated heterocycles. The van der Waals surface area contributed by atoms with Gasteiger partial charge in [-0.05, 0) is 25.0 Å². The van der Waals surface area contributed by atoms with Crippen molar-refractivity contribution in [1.82, 2.24) is 15.2 Å². The van der Waals surface area contributed by atoms with Gasteiger partial charge in [-0.3, -0.25) is 9.59 Å². The van der Waals surface area contributed by atoms with E-state index in [0.29, 0.717) is 56.2 Å². The highest BCUT2D eigenvalue weighted by Gasteiger charge is 2.21. The fraction of sp³-hybridized carbons (Fsp3) is 0.500. The van der Waals surface area contributed by atoms with Crippen LogP contribution in [0.4, 0.5) is 0 Å². The van der Waals surface area contributed by atoms with Crippen LogP contribution in [0.1, 0.15) is 39.6 Å². The van der Waals surface area contributed by atoms with Gasteiger partial charge in [0.2, 0.25) is 5.89 Å². The Bertz CT molecular complexity index is 847. The minimum absolute atomic E-state index is 0.0963. The Labute approximate surface area is 187 Å². The Morgan fingerprint density at radius 2 is 1.66 bits per heavy atom. The van der Waals surface area contributed by atoms with Crippen LogP contribution in [0.2, 0.25) is 0 Å². The molecule has 0 unspecified atom stereocenters. The summed E-state index contributed by atoms with van der Waals surface area (Å²) in [4.78, 5) is 31.3. The van der Waals surface area contributed by atoms with Gasteiger partial charge in [-0.25, -0.2) is 4.98 Å². The van der Waals surface area contributed by atoms with Gasteiger partial charge in [-0.2, -0.15) is 0 Å². The first-order chi connectivity index (χ1) is 15.5. The Morgan fingerprint density at radius 3 is 2.28 bits per heavy atom. The molecule has 1 aromatic heterocycles. The Kier molecular flexibility index (Phi) is 10.5. The van der Waals surface area contributed by atoms with Gasteiger partial charge in [-0.15, -0.1) is 0 Å². The number of carbonyl (C=O) groups is 2. The highest BCUT2D eigenvalue weighted by atomic mass is 16.5. The van der Waals surface area contributed by atoms with Crippen molar-refractivity contribution in [3.05, 3.63) is 41.6 Å². The molecular weight excluding hydrogens is 418 g/mol. The Balaban J connectivity index is 2.13.